The lowest BCUT2D eigenvalue weighted by molar-refractivity contribution is 0.210. The molecule has 210 valence electrons. The average Bonchev–Trinajstić information content (AvgIpc) is 3.60. The van der Waals surface area contributed by atoms with Crippen LogP contribution < -0.4 is 9.47 Å². The van der Waals surface area contributed by atoms with Gasteiger partial charge in [-0.3, -0.25) is 0 Å². The molecule has 0 saturated heterocycles. The molecule has 3 rings (SSSR count). The Morgan fingerprint density at radius 2 is 0.925 bits per heavy atom. The number of ether oxygens (including phenoxy) is 2. The van der Waals surface area contributed by atoms with Crippen molar-refractivity contribution in [2.75, 3.05) is 13.2 Å². The number of hydrogen-bond acceptors (Lipinski definition) is 10. The molecule has 0 saturated carbocycles. The Bertz CT molecular complexity index is 1150. The number of nitrogens with zero attached hydrogens (tertiary/aromatic N) is 4. The van der Waals surface area contributed by atoms with Crippen molar-refractivity contribution in [2.24, 2.45) is 11.8 Å². The predicted molar refractivity (Wildman–Crippen MR) is 164 cm³/mol. The molecular formula is C30H34N4O2S4. The molecule has 6 nitrogen and oxygen atoms in total. The summed E-state index contributed by atoms with van der Waals surface area (Å²) in [6, 6.07) is 8.13. The molecule has 0 bridgehead atoms. The molecule has 2 aliphatic heterocycles. The number of benzene rings is 1. The van der Waals surface area contributed by atoms with Crippen LogP contribution in [0.3, 0.4) is 0 Å². The van der Waals surface area contributed by atoms with E-state index < -0.39 is 0 Å². The topological polar surface area (TPSA) is 114 Å². The minimum Gasteiger partial charge on any atom is -0.491 e. The van der Waals surface area contributed by atoms with E-state index in [2.05, 4.69) is 27.7 Å². The second-order valence-electron chi connectivity index (χ2n) is 9.61. The van der Waals surface area contributed by atoms with E-state index in [9.17, 15) is 21.0 Å². The van der Waals surface area contributed by atoms with Gasteiger partial charge >= 0.3 is 0 Å². The highest BCUT2D eigenvalue weighted by Crippen LogP contribution is 2.68. The van der Waals surface area contributed by atoms with Crippen molar-refractivity contribution in [3.8, 4) is 35.8 Å². The molecule has 1 aromatic carbocycles. The second-order valence-corrected chi connectivity index (χ2v) is 14.2. The van der Waals surface area contributed by atoms with Gasteiger partial charge in [-0.15, -0.1) is 0 Å². The van der Waals surface area contributed by atoms with Gasteiger partial charge in [0.15, 0.2) is 0 Å². The van der Waals surface area contributed by atoms with Crippen LogP contribution in [0.1, 0.15) is 79.1 Å². The summed E-state index contributed by atoms with van der Waals surface area (Å²) in [5, 5.41) is 38.4. The summed E-state index contributed by atoms with van der Waals surface area (Å²) in [4.78, 5) is 3.36. The summed E-state index contributed by atoms with van der Waals surface area (Å²) in [5.41, 5.74) is 0.147. The molecule has 2 heterocycles. The van der Waals surface area contributed by atoms with Gasteiger partial charge in [0.1, 0.15) is 46.9 Å². The predicted octanol–water partition coefficient (Wildman–Crippen LogP) is 9.79. The summed E-state index contributed by atoms with van der Waals surface area (Å²) in [7, 11) is 0. The van der Waals surface area contributed by atoms with E-state index in [0.717, 1.165) is 70.9 Å². The Morgan fingerprint density at radius 3 is 1.18 bits per heavy atom. The smallest absolute Gasteiger partial charge is 0.150 e. The van der Waals surface area contributed by atoms with Crippen molar-refractivity contribution in [1.82, 2.24) is 0 Å². The highest BCUT2D eigenvalue weighted by molar-refractivity contribution is 8.26. The van der Waals surface area contributed by atoms with Crippen molar-refractivity contribution in [3.05, 3.63) is 19.6 Å². The van der Waals surface area contributed by atoms with E-state index in [0.29, 0.717) is 45.0 Å². The first-order valence-corrected chi connectivity index (χ1v) is 17.1. The Labute approximate surface area is 255 Å². The highest BCUT2D eigenvalue weighted by Gasteiger charge is 2.38. The van der Waals surface area contributed by atoms with Crippen molar-refractivity contribution in [2.45, 2.75) is 98.6 Å². The molecular weight excluding hydrogens is 577 g/mol. The van der Waals surface area contributed by atoms with E-state index in [1.54, 1.807) is 0 Å². The van der Waals surface area contributed by atoms with Gasteiger partial charge in [0.05, 0.1) is 41.3 Å². The van der Waals surface area contributed by atoms with Crippen LogP contribution in [0.4, 0.5) is 0 Å². The van der Waals surface area contributed by atoms with Gasteiger partial charge in [0, 0.05) is 0 Å². The van der Waals surface area contributed by atoms with Gasteiger partial charge in [-0.2, -0.15) is 21.0 Å². The minimum absolute atomic E-state index is 0.0733. The first-order valence-electron chi connectivity index (χ1n) is 13.8. The van der Waals surface area contributed by atoms with Crippen LogP contribution in [-0.4, -0.2) is 13.2 Å². The molecule has 0 spiro atoms. The van der Waals surface area contributed by atoms with Gasteiger partial charge in [0.2, 0.25) is 0 Å². The normalized spacial score (nSPS) is 14.7. The highest BCUT2D eigenvalue weighted by atomic mass is 32.2. The summed E-state index contributed by atoms with van der Waals surface area (Å²) >= 11 is 5.51. The Hall–Kier alpha value is -2.34. The van der Waals surface area contributed by atoms with Crippen LogP contribution in [0.25, 0.3) is 0 Å². The molecule has 2 unspecified atom stereocenters. The summed E-state index contributed by atoms with van der Waals surface area (Å²) in [6.07, 6.45) is 8.69. The monoisotopic (exact) mass is 610 g/mol. The van der Waals surface area contributed by atoms with E-state index in [1.807, 2.05) is 24.3 Å². The molecule has 1 aromatic rings. The first kappa shape index (κ1) is 32.2. The standard InChI is InChI=1S/C30H34N4O2S4/c1-5-9-11-19(7-3)17-35-23-25-27(39-29(37-25)21(13-31)14-32)24(36-18-20(8-4)12-10-6-2)28-26(23)38-30(40-28)22(15-33)16-34/h19-20H,5-12,17-18H2,1-4H3. The van der Waals surface area contributed by atoms with Crippen LogP contribution in [0.2, 0.25) is 0 Å². The van der Waals surface area contributed by atoms with Crippen molar-refractivity contribution in [1.29, 1.82) is 21.0 Å². The fraction of sp³-hybridized carbons (Fsp3) is 0.533. The van der Waals surface area contributed by atoms with E-state index >= 15 is 0 Å². The van der Waals surface area contributed by atoms with E-state index in [1.165, 1.54) is 47.0 Å². The summed E-state index contributed by atoms with van der Waals surface area (Å²) < 4.78 is 14.4. The van der Waals surface area contributed by atoms with Crippen molar-refractivity contribution in [3.63, 3.8) is 0 Å². The van der Waals surface area contributed by atoms with Crippen LogP contribution in [0.5, 0.6) is 11.5 Å². The SMILES string of the molecule is CCCCC(CC)COc1c2c(c(OCC(CC)CCCC)c3c1SC(=C(C#N)C#N)S3)SC(=C(C#N)C#N)S2. The Kier molecular flexibility index (Phi) is 13.0. The van der Waals surface area contributed by atoms with Crippen LogP contribution in [-0.2, 0) is 0 Å². The fourth-order valence-electron chi connectivity index (χ4n) is 4.30. The van der Waals surface area contributed by atoms with E-state index in [-0.39, 0.29) is 11.1 Å². The lowest BCUT2D eigenvalue weighted by Gasteiger charge is -2.22. The van der Waals surface area contributed by atoms with Crippen LogP contribution in [0.15, 0.2) is 39.2 Å². The molecule has 0 aromatic heterocycles. The number of unbranched alkanes of at least 4 members (excludes halogenated alkanes) is 2. The zero-order valence-electron chi connectivity index (χ0n) is 23.5. The van der Waals surface area contributed by atoms with Gasteiger partial charge in [-0.25, -0.2) is 0 Å². The van der Waals surface area contributed by atoms with Crippen LogP contribution in [0, 0.1) is 57.2 Å². The number of nitriles is 4. The Morgan fingerprint density at radius 1 is 0.600 bits per heavy atom. The number of thioether (sulfide) groups is 4. The average molecular weight is 611 g/mol. The minimum atomic E-state index is 0.0733. The third-order valence-electron chi connectivity index (χ3n) is 6.89. The molecule has 40 heavy (non-hydrogen) atoms. The van der Waals surface area contributed by atoms with E-state index in [4.69, 9.17) is 9.47 Å². The molecule has 0 aliphatic carbocycles. The van der Waals surface area contributed by atoms with Gasteiger partial charge in [-0.1, -0.05) is 113 Å². The quantitative estimate of drug-likeness (QED) is 0.188. The molecule has 0 radical (unpaired) electrons. The lowest BCUT2D eigenvalue weighted by atomic mass is 10.0. The molecule has 10 heteroatoms. The molecule has 2 atom stereocenters. The maximum absolute atomic E-state index is 9.61. The first-order chi connectivity index (χ1) is 19.5. The molecule has 0 fully saturated rings. The third kappa shape index (κ3) is 7.48. The molecule has 0 N–H and O–H groups in total. The number of hydrogen-bond donors (Lipinski definition) is 0. The third-order valence-corrected chi connectivity index (χ3v) is 12.1. The number of allylic oxidation sites excluding steroid dienone is 2. The van der Waals surface area contributed by atoms with Crippen LogP contribution >= 0.6 is 47.0 Å². The van der Waals surface area contributed by atoms with Gasteiger partial charge < -0.3 is 9.47 Å². The summed E-state index contributed by atoms with van der Waals surface area (Å²) in [5.74, 6) is 2.18. The van der Waals surface area contributed by atoms with Gasteiger partial charge in [-0.05, 0) is 24.7 Å². The summed E-state index contributed by atoms with van der Waals surface area (Å²) in [6.45, 7) is 9.81. The number of fused-ring (bicyclic) bond motifs is 2. The maximum atomic E-state index is 9.61. The fourth-order valence-corrected chi connectivity index (χ4v) is 9.53. The Balaban J connectivity index is 2.15. The largest absolute Gasteiger partial charge is 0.491 e. The van der Waals surface area contributed by atoms with Crippen molar-refractivity contribution < 1.29 is 9.47 Å². The molecule has 0 amide bonds. The lowest BCUT2D eigenvalue weighted by Crippen LogP contribution is -2.14. The molecule has 2 aliphatic rings. The van der Waals surface area contributed by atoms with Gasteiger partial charge in [0.25, 0.3) is 0 Å². The zero-order chi connectivity index (χ0) is 29.1. The zero-order valence-corrected chi connectivity index (χ0v) is 26.7. The maximum Gasteiger partial charge on any atom is 0.150 e. The number of rotatable bonds is 14. The second kappa shape index (κ2) is 16.2. The van der Waals surface area contributed by atoms with Crippen molar-refractivity contribution >= 4 is 47.0 Å².